The zero-order chi connectivity index (χ0) is 10.4. The molecule has 1 heterocycles. The molecule has 0 amide bonds. The molecule has 14 heavy (non-hydrogen) atoms. The van der Waals surface area contributed by atoms with Crippen LogP contribution in [0.3, 0.4) is 0 Å². The van der Waals surface area contributed by atoms with Crippen molar-refractivity contribution < 1.29 is 14.3 Å². The van der Waals surface area contributed by atoms with E-state index in [1.165, 1.54) is 0 Å². The van der Waals surface area contributed by atoms with E-state index in [-0.39, 0.29) is 11.9 Å². The van der Waals surface area contributed by atoms with Crippen LogP contribution < -0.4 is 0 Å². The normalized spacial score (nSPS) is 23.5. The number of hydrogen-bond donors (Lipinski definition) is 0. The molecule has 0 aromatic carbocycles. The molecule has 0 saturated carbocycles. The Hall–Kier alpha value is -0.860. The molecule has 3 nitrogen and oxygen atoms in total. The second-order valence-corrected chi connectivity index (χ2v) is 3.81. The number of esters is 1. The summed E-state index contributed by atoms with van der Waals surface area (Å²) in [7, 11) is 0. The third-order valence-corrected chi connectivity index (χ3v) is 2.61. The Morgan fingerprint density at radius 3 is 3.00 bits per heavy atom. The molecular formula is C11H18O3. The highest BCUT2D eigenvalue weighted by Gasteiger charge is 2.20. The first-order valence-corrected chi connectivity index (χ1v) is 5.42. The van der Waals surface area contributed by atoms with Gasteiger partial charge in [0.2, 0.25) is 0 Å². The molecule has 1 aliphatic heterocycles. The number of carbonyl (C=O) groups excluding carboxylic acids is 2. The van der Waals surface area contributed by atoms with Crippen molar-refractivity contribution in [1.82, 2.24) is 0 Å². The molecule has 1 rings (SSSR count). The van der Waals surface area contributed by atoms with Gasteiger partial charge in [-0.05, 0) is 25.7 Å². The van der Waals surface area contributed by atoms with Crippen LogP contribution in [0.4, 0.5) is 0 Å². The molecule has 0 aromatic heterocycles. The summed E-state index contributed by atoms with van der Waals surface area (Å²) >= 11 is 0. The Balaban J connectivity index is 2.42. The zero-order valence-electron chi connectivity index (χ0n) is 8.75. The minimum atomic E-state index is -0.154. The van der Waals surface area contributed by atoms with E-state index in [1.54, 1.807) is 0 Å². The lowest BCUT2D eigenvalue weighted by Gasteiger charge is -2.18. The second kappa shape index (κ2) is 5.78. The standard InChI is InChI=1S/C11H18O3/c1-2-4-10(12)9-5-3-8-14-11(13)7-6-9/h9H,2-8H2,1H3. The fraction of sp³-hybridized carbons (Fsp3) is 0.818. The molecule has 1 aliphatic rings. The highest BCUT2D eigenvalue weighted by Crippen LogP contribution is 2.20. The molecule has 80 valence electrons. The van der Waals surface area contributed by atoms with E-state index in [0.717, 1.165) is 19.3 Å². The summed E-state index contributed by atoms with van der Waals surface area (Å²) in [6, 6.07) is 0. The van der Waals surface area contributed by atoms with Gasteiger partial charge in [0.1, 0.15) is 5.78 Å². The van der Waals surface area contributed by atoms with E-state index in [4.69, 9.17) is 4.74 Å². The molecule has 1 saturated heterocycles. The summed E-state index contributed by atoms with van der Waals surface area (Å²) < 4.78 is 4.92. The largest absolute Gasteiger partial charge is 0.466 e. The third-order valence-electron chi connectivity index (χ3n) is 2.61. The number of cyclic esters (lactones) is 1. The van der Waals surface area contributed by atoms with Crippen LogP contribution >= 0.6 is 0 Å². The number of rotatable bonds is 3. The van der Waals surface area contributed by atoms with Gasteiger partial charge in [-0.2, -0.15) is 0 Å². The van der Waals surface area contributed by atoms with Crippen LogP contribution in [0.15, 0.2) is 0 Å². The maximum absolute atomic E-state index is 11.6. The van der Waals surface area contributed by atoms with Crippen LogP contribution in [0.25, 0.3) is 0 Å². The van der Waals surface area contributed by atoms with Gasteiger partial charge in [0, 0.05) is 18.8 Å². The zero-order valence-corrected chi connectivity index (χ0v) is 8.75. The van der Waals surface area contributed by atoms with Gasteiger partial charge in [-0.1, -0.05) is 6.92 Å². The molecule has 0 radical (unpaired) electrons. The van der Waals surface area contributed by atoms with Crippen LogP contribution in [-0.4, -0.2) is 18.4 Å². The monoisotopic (exact) mass is 198 g/mol. The fourth-order valence-electron chi connectivity index (χ4n) is 1.80. The summed E-state index contributed by atoms with van der Waals surface area (Å²) in [6.45, 7) is 2.49. The highest BCUT2D eigenvalue weighted by molar-refractivity contribution is 5.81. The lowest BCUT2D eigenvalue weighted by molar-refractivity contribution is -0.145. The van der Waals surface area contributed by atoms with Gasteiger partial charge in [-0.15, -0.1) is 0 Å². The molecule has 0 bridgehead atoms. The van der Waals surface area contributed by atoms with E-state index in [0.29, 0.717) is 31.7 Å². The lowest BCUT2D eigenvalue weighted by Crippen LogP contribution is -2.20. The van der Waals surface area contributed by atoms with E-state index in [1.807, 2.05) is 6.92 Å². The topological polar surface area (TPSA) is 43.4 Å². The van der Waals surface area contributed by atoms with Gasteiger partial charge >= 0.3 is 5.97 Å². The van der Waals surface area contributed by atoms with E-state index in [9.17, 15) is 9.59 Å². The molecule has 3 heteroatoms. The quantitative estimate of drug-likeness (QED) is 0.652. The predicted molar refractivity (Wildman–Crippen MR) is 52.8 cm³/mol. The van der Waals surface area contributed by atoms with Crippen molar-refractivity contribution in [2.24, 2.45) is 5.92 Å². The van der Waals surface area contributed by atoms with Crippen molar-refractivity contribution in [2.75, 3.05) is 6.61 Å². The van der Waals surface area contributed by atoms with Crippen molar-refractivity contribution in [3.8, 4) is 0 Å². The van der Waals surface area contributed by atoms with Crippen molar-refractivity contribution in [2.45, 2.75) is 45.4 Å². The number of hydrogen-bond acceptors (Lipinski definition) is 3. The van der Waals surface area contributed by atoms with Gasteiger partial charge in [0.05, 0.1) is 6.61 Å². The molecule has 1 atom stereocenters. The maximum Gasteiger partial charge on any atom is 0.305 e. The van der Waals surface area contributed by atoms with Crippen LogP contribution in [0.5, 0.6) is 0 Å². The number of ketones is 1. The van der Waals surface area contributed by atoms with Crippen molar-refractivity contribution in [1.29, 1.82) is 0 Å². The molecule has 0 aromatic rings. The van der Waals surface area contributed by atoms with Crippen molar-refractivity contribution >= 4 is 11.8 Å². The van der Waals surface area contributed by atoms with E-state index >= 15 is 0 Å². The minimum Gasteiger partial charge on any atom is -0.466 e. The van der Waals surface area contributed by atoms with Gasteiger partial charge in [0.25, 0.3) is 0 Å². The average Bonchev–Trinajstić information content (AvgIpc) is 2.12. The predicted octanol–water partition coefficient (Wildman–Crippen LogP) is 2.09. The molecule has 0 aliphatic carbocycles. The average molecular weight is 198 g/mol. The first-order chi connectivity index (χ1) is 6.74. The second-order valence-electron chi connectivity index (χ2n) is 3.81. The van der Waals surface area contributed by atoms with Gasteiger partial charge < -0.3 is 4.74 Å². The Morgan fingerprint density at radius 2 is 2.29 bits per heavy atom. The highest BCUT2D eigenvalue weighted by atomic mass is 16.5. The minimum absolute atomic E-state index is 0.0998. The first-order valence-electron chi connectivity index (χ1n) is 5.42. The summed E-state index contributed by atoms with van der Waals surface area (Å²) in [4.78, 5) is 22.6. The van der Waals surface area contributed by atoms with Crippen LogP contribution in [0.2, 0.25) is 0 Å². The number of Topliss-reactive ketones (excluding diaryl/α,β-unsaturated/α-hetero) is 1. The van der Waals surface area contributed by atoms with Gasteiger partial charge in [0.15, 0.2) is 0 Å². The van der Waals surface area contributed by atoms with Crippen LogP contribution in [0.1, 0.15) is 45.4 Å². The van der Waals surface area contributed by atoms with Gasteiger partial charge in [-0.3, -0.25) is 9.59 Å². The van der Waals surface area contributed by atoms with E-state index < -0.39 is 0 Å². The Labute approximate surface area is 84.8 Å². The SMILES string of the molecule is CCCC(=O)C1CCCOC(=O)CC1. The molecule has 1 unspecified atom stereocenters. The summed E-state index contributed by atoms with van der Waals surface area (Å²) in [5.41, 5.74) is 0. The lowest BCUT2D eigenvalue weighted by atomic mass is 9.90. The van der Waals surface area contributed by atoms with Gasteiger partial charge in [-0.25, -0.2) is 0 Å². The number of carbonyl (C=O) groups is 2. The van der Waals surface area contributed by atoms with Crippen LogP contribution in [0, 0.1) is 5.92 Å². The maximum atomic E-state index is 11.6. The van der Waals surface area contributed by atoms with E-state index in [2.05, 4.69) is 0 Å². The Bertz CT molecular complexity index is 211. The first kappa shape index (κ1) is 11.2. The third kappa shape index (κ3) is 3.48. The molecule has 0 N–H and O–H groups in total. The number of ether oxygens (including phenoxy) is 1. The smallest absolute Gasteiger partial charge is 0.305 e. The van der Waals surface area contributed by atoms with Crippen molar-refractivity contribution in [3.63, 3.8) is 0 Å². The van der Waals surface area contributed by atoms with Crippen molar-refractivity contribution in [3.05, 3.63) is 0 Å². The van der Waals surface area contributed by atoms with Crippen LogP contribution in [-0.2, 0) is 14.3 Å². The fourth-order valence-corrected chi connectivity index (χ4v) is 1.80. The Kier molecular flexibility index (Phi) is 4.63. The molecule has 1 fully saturated rings. The summed E-state index contributed by atoms with van der Waals surface area (Å²) in [5, 5.41) is 0. The molecule has 0 spiro atoms. The summed E-state index contributed by atoms with van der Waals surface area (Å²) in [6.07, 6.45) is 4.34. The molecular weight excluding hydrogens is 180 g/mol. The Morgan fingerprint density at radius 1 is 1.50 bits per heavy atom. The summed E-state index contributed by atoms with van der Waals surface area (Å²) in [5.74, 6) is 0.268.